The molecule has 80 valence electrons. The van der Waals surface area contributed by atoms with Crippen LogP contribution >= 0.6 is 0 Å². The lowest BCUT2D eigenvalue weighted by atomic mass is 10.1. The smallest absolute Gasteiger partial charge is 0.0963 e. The third-order valence-electron chi connectivity index (χ3n) is 2.98. The molecule has 1 N–H and O–H groups in total. The first-order chi connectivity index (χ1) is 6.84. The van der Waals surface area contributed by atoms with E-state index in [0.29, 0.717) is 12.2 Å². The van der Waals surface area contributed by atoms with E-state index in [1.165, 1.54) is 31.5 Å². The molecular weight excluding hydrogens is 176 g/mol. The lowest BCUT2D eigenvalue weighted by Crippen LogP contribution is -2.33. The van der Waals surface area contributed by atoms with Gasteiger partial charge in [-0.2, -0.15) is 0 Å². The van der Waals surface area contributed by atoms with E-state index in [-0.39, 0.29) is 0 Å². The van der Waals surface area contributed by atoms with Gasteiger partial charge in [0.15, 0.2) is 0 Å². The van der Waals surface area contributed by atoms with Gasteiger partial charge in [0.05, 0.1) is 18.0 Å². The van der Waals surface area contributed by atoms with Crippen LogP contribution in [0.15, 0.2) is 4.99 Å². The third kappa shape index (κ3) is 2.71. The van der Waals surface area contributed by atoms with E-state index in [2.05, 4.69) is 17.2 Å². The fraction of sp³-hybridized carbons (Fsp3) is 0.909. The Morgan fingerprint density at radius 1 is 1.43 bits per heavy atom. The zero-order valence-electron chi connectivity index (χ0n) is 8.96. The van der Waals surface area contributed by atoms with E-state index in [1.807, 2.05) is 0 Å². The van der Waals surface area contributed by atoms with Gasteiger partial charge in [-0.3, -0.25) is 4.99 Å². The second-order valence-electron chi connectivity index (χ2n) is 4.31. The molecule has 1 fully saturated rings. The molecule has 3 heteroatoms. The Morgan fingerprint density at radius 3 is 3.00 bits per heavy atom. The zero-order chi connectivity index (χ0) is 9.80. The Bertz CT molecular complexity index is 215. The summed E-state index contributed by atoms with van der Waals surface area (Å²) in [7, 11) is 0. The first-order valence-corrected chi connectivity index (χ1v) is 5.77. The Balaban J connectivity index is 1.69. The van der Waals surface area contributed by atoms with Crippen molar-refractivity contribution in [3.8, 4) is 0 Å². The third-order valence-corrected chi connectivity index (χ3v) is 2.98. The predicted octanol–water partition coefficient (Wildman–Crippen LogP) is 1.73. The van der Waals surface area contributed by atoms with E-state index >= 15 is 0 Å². The number of nitrogens with zero attached hydrogens (tertiary/aromatic N) is 1. The molecule has 2 aliphatic rings. The van der Waals surface area contributed by atoms with Crippen molar-refractivity contribution < 1.29 is 4.74 Å². The topological polar surface area (TPSA) is 33.6 Å². The maximum Gasteiger partial charge on any atom is 0.0963 e. The summed E-state index contributed by atoms with van der Waals surface area (Å²) in [5.74, 6) is 1.19. The summed E-state index contributed by atoms with van der Waals surface area (Å²) in [4.78, 5) is 4.46. The zero-order valence-corrected chi connectivity index (χ0v) is 8.96. The van der Waals surface area contributed by atoms with Crippen LogP contribution in [-0.4, -0.2) is 31.1 Å². The fourth-order valence-corrected chi connectivity index (χ4v) is 2.11. The molecule has 0 saturated carbocycles. The summed E-state index contributed by atoms with van der Waals surface area (Å²) >= 11 is 0. The summed E-state index contributed by atoms with van der Waals surface area (Å²) in [5, 5.41) is 3.41. The minimum Gasteiger partial charge on any atom is -0.373 e. The normalized spacial score (nSPS) is 32.8. The Labute approximate surface area is 85.9 Å². The highest BCUT2D eigenvalue weighted by atomic mass is 16.5. The van der Waals surface area contributed by atoms with Crippen LogP contribution in [-0.2, 0) is 4.74 Å². The molecule has 2 atom stereocenters. The molecule has 0 aromatic rings. The molecule has 2 unspecified atom stereocenters. The summed E-state index contributed by atoms with van der Waals surface area (Å²) in [6.45, 7) is 4.10. The molecule has 1 saturated heterocycles. The monoisotopic (exact) mass is 196 g/mol. The van der Waals surface area contributed by atoms with Gasteiger partial charge < -0.3 is 10.1 Å². The molecule has 14 heavy (non-hydrogen) atoms. The average Bonchev–Trinajstić information content (AvgIpc) is 2.63. The first kappa shape index (κ1) is 9.97. The van der Waals surface area contributed by atoms with Gasteiger partial charge in [0, 0.05) is 19.5 Å². The second kappa shape index (κ2) is 4.78. The molecule has 3 nitrogen and oxygen atoms in total. The van der Waals surface area contributed by atoms with Gasteiger partial charge in [0.1, 0.15) is 0 Å². The van der Waals surface area contributed by atoms with Gasteiger partial charge in [-0.25, -0.2) is 0 Å². The highest BCUT2D eigenvalue weighted by Crippen LogP contribution is 2.18. The molecule has 2 heterocycles. The van der Waals surface area contributed by atoms with Gasteiger partial charge in [-0.1, -0.05) is 0 Å². The van der Waals surface area contributed by atoms with Crippen molar-refractivity contribution in [2.45, 2.75) is 51.2 Å². The molecule has 0 bridgehead atoms. The van der Waals surface area contributed by atoms with Crippen molar-refractivity contribution in [3.63, 3.8) is 0 Å². The summed E-state index contributed by atoms with van der Waals surface area (Å²) in [5.41, 5.74) is 0. The van der Waals surface area contributed by atoms with Crippen molar-refractivity contribution in [2.75, 3.05) is 13.1 Å². The van der Waals surface area contributed by atoms with Crippen molar-refractivity contribution in [3.05, 3.63) is 0 Å². The number of aliphatic imine (C=N–C) groups is 1. The molecule has 0 amide bonds. The van der Waals surface area contributed by atoms with Crippen molar-refractivity contribution in [1.29, 1.82) is 0 Å². The minimum absolute atomic E-state index is 0.412. The number of ether oxygens (including phenoxy) is 1. The SMILES string of the molecule is CC1CCC(CNC2=NCCCC2)O1. The molecule has 2 rings (SSSR count). The van der Waals surface area contributed by atoms with Gasteiger partial charge >= 0.3 is 0 Å². The average molecular weight is 196 g/mol. The summed E-state index contributed by atoms with van der Waals surface area (Å²) < 4.78 is 5.73. The van der Waals surface area contributed by atoms with Crippen molar-refractivity contribution in [1.82, 2.24) is 5.32 Å². The second-order valence-corrected chi connectivity index (χ2v) is 4.31. The predicted molar refractivity (Wildman–Crippen MR) is 57.7 cm³/mol. The van der Waals surface area contributed by atoms with Crippen LogP contribution in [0.25, 0.3) is 0 Å². The largest absolute Gasteiger partial charge is 0.373 e. The Morgan fingerprint density at radius 2 is 2.36 bits per heavy atom. The molecule has 0 aliphatic carbocycles. The van der Waals surface area contributed by atoms with E-state index < -0.39 is 0 Å². The summed E-state index contributed by atoms with van der Waals surface area (Å²) in [6, 6.07) is 0. The first-order valence-electron chi connectivity index (χ1n) is 5.77. The van der Waals surface area contributed by atoms with Gasteiger partial charge in [0.25, 0.3) is 0 Å². The molecule has 2 aliphatic heterocycles. The fourth-order valence-electron chi connectivity index (χ4n) is 2.11. The molecule has 0 spiro atoms. The maximum atomic E-state index is 5.73. The van der Waals surface area contributed by atoms with Crippen molar-refractivity contribution >= 4 is 5.84 Å². The van der Waals surface area contributed by atoms with Gasteiger partial charge in [-0.15, -0.1) is 0 Å². The van der Waals surface area contributed by atoms with Crippen LogP contribution in [0.4, 0.5) is 0 Å². The number of hydrogen-bond donors (Lipinski definition) is 1. The Kier molecular flexibility index (Phi) is 3.40. The number of hydrogen-bond acceptors (Lipinski definition) is 3. The lowest BCUT2D eigenvalue weighted by molar-refractivity contribution is 0.0586. The van der Waals surface area contributed by atoms with E-state index in [0.717, 1.165) is 19.5 Å². The molecular formula is C11H20N2O. The standard InChI is InChI=1S/C11H20N2O/c1-9-5-6-10(14-9)8-13-11-4-2-3-7-12-11/h9-10H,2-8H2,1H3,(H,12,13). The van der Waals surface area contributed by atoms with E-state index in [9.17, 15) is 0 Å². The Hall–Kier alpha value is -0.570. The van der Waals surface area contributed by atoms with Crippen LogP contribution in [0.3, 0.4) is 0 Å². The van der Waals surface area contributed by atoms with Gasteiger partial charge in [-0.05, 0) is 32.6 Å². The molecule has 0 radical (unpaired) electrons. The van der Waals surface area contributed by atoms with Crippen LogP contribution in [0, 0.1) is 0 Å². The van der Waals surface area contributed by atoms with Crippen LogP contribution < -0.4 is 5.32 Å². The highest BCUT2D eigenvalue weighted by Gasteiger charge is 2.21. The minimum atomic E-state index is 0.412. The van der Waals surface area contributed by atoms with Crippen molar-refractivity contribution in [2.24, 2.45) is 4.99 Å². The lowest BCUT2D eigenvalue weighted by Gasteiger charge is -2.17. The van der Waals surface area contributed by atoms with Gasteiger partial charge in [0.2, 0.25) is 0 Å². The molecule has 0 aromatic heterocycles. The molecule has 0 aromatic carbocycles. The van der Waals surface area contributed by atoms with Crippen LogP contribution in [0.2, 0.25) is 0 Å². The summed E-state index contributed by atoms with van der Waals surface area (Å²) in [6.07, 6.45) is 6.93. The highest BCUT2D eigenvalue weighted by molar-refractivity contribution is 5.82. The van der Waals surface area contributed by atoms with Crippen LogP contribution in [0.5, 0.6) is 0 Å². The number of rotatable bonds is 2. The maximum absolute atomic E-state index is 5.73. The number of amidine groups is 1. The van der Waals surface area contributed by atoms with E-state index in [1.54, 1.807) is 0 Å². The van der Waals surface area contributed by atoms with Crippen LogP contribution in [0.1, 0.15) is 39.0 Å². The van der Waals surface area contributed by atoms with E-state index in [4.69, 9.17) is 4.74 Å². The quantitative estimate of drug-likeness (QED) is 0.729. The number of nitrogens with one attached hydrogen (secondary N) is 1.